The number of aryl methyl sites for hydroxylation is 2. The molecule has 0 radical (unpaired) electrons. The van der Waals surface area contributed by atoms with E-state index in [0.29, 0.717) is 29.7 Å². The molecule has 4 rings (SSSR count). The van der Waals surface area contributed by atoms with Crippen LogP contribution in [-0.4, -0.2) is 58.5 Å². The Kier molecular flexibility index (Phi) is 4.90. The van der Waals surface area contributed by atoms with Crippen LogP contribution in [0.4, 0.5) is 0 Å². The van der Waals surface area contributed by atoms with E-state index in [0.717, 1.165) is 22.9 Å². The minimum Gasteiger partial charge on any atom is -0.336 e. The highest BCUT2D eigenvalue weighted by Crippen LogP contribution is 2.25. The van der Waals surface area contributed by atoms with Gasteiger partial charge in [0.25, 0.3) is 5.91 Å². The zero-order valence-corrected chi connectivity index (χ0v) is 17.3. The van der Waals surface area contributed by atoms with Crippen LogP contribution < -0.4 is 0 Å². The van der Waals surface area contributed by atoms with Crippen LogP contribution in [0.5, 0.6) is 0 Å². The molecule has 0 saturated carbocycles. The fraction of sp³-hybridized carbons (Fsp3) is 0.316. The van der Waals surface area contributed by atoms with Gasteiger partial charge in [0.05, 0.1) is 11.7 Å². The van der Waals surface area contributed by atoms with Crippen molar-refractivity contribution in [2.45, 2.75) is 18.7 Å². The fourth-order valence-electron chi connectivity index (χ4n) is 3.32. The van der Waals surface area contributed by atoms with Crippen LogP contribution in [0.15, 0.2) is 41.3 Å². The Bertz CT molecular complexity index is 1150. The number of amides is 1. The molecule has 7 nitrogen and oxygen atoms in total. The Morgan fingerprint density at radius 2 is 1.75 bits per heavy atom. The van der Waals surface area contributed by atoms with E-state index in [2.05, 4.69) is 8.75 Å². The van der Waals surface area contributed by atoms with Crippen molar-refractivity contribution in [1.82, 2.24) is 18.0 Å². The molecule has 1 amide bonds. The number of sulfonamides is 1. The molecule has 0 spiro atoms. The summed E-state index contributed by atoms with van der Waals surface area (Å²) < 4.78 is 35.8. The van der Waals surface area contributed by atoms with E-state index in [9.17, 15) is 13.2 Å². The molecule has 28 heavy (non-hydrogen) atoms. The number of rotatable bonds is 3. The van der Waals surface area contributed by atoms with E-state index in [1.807, 2.05) is 32.0 Å². The van der Waals surface area contributed by atoms with Gasteiger partial charge in [0.1, 0.15) is 15.9 Å². The molecule has 0 unspecified atom stereocenters. The lowest BCUT2D eigenvalue weighted by atomic mass is 10.1. The zero-order valence-electron chi connectivity index (χ0n) is 15.6. The quantitative estimate of drug-likeness (QED) is 0.655. The monoisotopic (exact) mass is 416 g/mol. The first kappa shape index (κ1) is 19.0. The van der Waals surface area contributed by atoms with Gasteiger partial charge < -0.3 is 4.90 Å². The van der Waals surface area contributed by atoms with Crippen LogP contribution in [0.25, 0.3) is 11.0 Å². The molecule has 1 aromatic heterocycles. The van der Waals surface area contributed by atoms with Crippen molar-refractivity contribution >= 4 is 38.7 Å². The van der Waals surface area contributed by atoms with Crippen LogP contribution >= 0.6 is 11.7 Å². The van der Waals surface area contributed by atoms with Crippen LogP contribution in [-0.2, 0) is 10.0 Å². The summed E-state index contributed by atoms with van der Waals surface area (Å²) in [5, 5.41) is 0. The third-order valence-corrected chi connectivity index (χ3v) is 7.62. The number of hydrogen-bond acceptors (Lipinski definition) is 6. The normalized spacial score (nSPS) is 15.9. The first-order valence-corrected chi connectivity index (χ1v) is 11.1. The molecule has 1 fully saturated rings. The van der Waals surface area contributed by atoms with Crippen LogP contribution in [0.3, 0.4) is 0 Å². The second-order valence-corrected chi connectivity index (χ2v) is 9.32. The molecule has 3 aromatic rings. The smallest absolute Gasteiger partial charge is 0.253 e. The standard InChI is InChI=1S/C19H20N4O3S2/c1-13-6-7-15(12-14(13)2)19(24)22-8-10-23(11-9-22)28(25,26)17-5-3-4-16-18(17)21-27-20-16/h3-7,12H,8-11H2,1-2H3. The molecule has 2 aromatic carbocycles. The predicted molar refractivity (Wildman–Crippen MR) is 108 cm³/mol. The first-order valence-electron chi connectivity index (χ1n) is 8.96. The van der Waals surface area contributed by atoms with E-state index in [4.69, 9.17) is 0 Å². The predicted octanol–water partition coefficient (Wildman–Crippen LogP) is 2.45. The molecule has 1 aliphatic heterocycles. The van der Waals surface area contributed by atoms with Crippen molar-refractivity contribution in [3.05, 3.63) is 53.1 Å². The van der Waals surface area contributed by atoms with Crippen molar-refractivity contribution < 1.29 is 13.2 Å². The van der Waals surface area contributed by atoms with Gasteiger partial charge in [0, 0.05) is 31.7 Å². The summed E-state index contributed by atoms with van der Waals surface area (Å²) in [7, 11) is -3.69. The summed E-state index contributed by atoms with van der Waals surface area (Å²) in [6.45, 7) is 5.21. The van der Waals surface area contributed by atoms with Gasteiger partial charge in [-0.25, -0.2) is 8.42 Å². The van der Waals surface area contributed by atoms with E-state index in [-0.39, 0.29) is 23.9 Å². The van der Waals surface area contributed by atoms with Gasteiger partial charge in [-0.05, 0) is 49.2 Å². The van der Waals surface area contributed by atoms with Crippen LogP contribution in [0.2, 0.25) is 0 Å². The van der Waals surface area contributed by atoms with Gasteiger partial charge in [-0.15, -0.1) is 0 Å². The first-order chi connectivity index (χ1) is 13.4. The van der Waals surface area contributed by atoms with Gasteiger partial charge in [-0.3, -0.25) is 4.79 Å². The minimum atomic E-state index is -3.69. The third kappa shape index (κ3) is 3.30. The molecule has 1 saturated heterocycles. The average Bonchev–Trinajstić information content (AvgIpc) is 3.18. The number of fused-ring (bicyclic) bond motifs is 1. The third-order valence-electron chi connectivity index (χ3n) is 5.15. The van der Waals surface area contributed by atoms with Crippen molar-refractivity contribution in [2.24, 2.45) is 0 Å². The Labute approximate surface area is 168 Å². The average molecular weight is 417 g/mol. The molecule has 146 valence electrons. The topological polar surface area (TPSA) is 83.5 Å². The fourth-order valence-corrected chi connectivity index (χ4v) is 5.49. The maximum Gasteiger partial charge on any atom is 0.253 e. The van der Waals surface area contributed by atoms with E-state index >= 15 is 0 Å². The van der Waals surface area contributed by atoms with Crippen molar-refractivity contribution in [2.75, 3.05) is 26.2 Å². The van der Waals surface area contributed by atoms with Crippen molar-refractivity contribution in [3.63, 3.8) is 0 Å². The largest absolute Gasteiger partial charge is 0.336 e. The summed E-state index contributed by atoms with van der Waals surface area (Å²) in [6, 6.07) is 10.6. The van der Waals surface area contributed by atoms with E-state index in [1.54, 1.807) is 23.1 Å². The Balaban J connectivity index is 1.51. The molecule has 2 heterocycles. The second-order valence-electron chi connectivity index (χ2n) is 6.88. The molecule has 0 bridgehead atoms. The van der Waals surface area contributed by atoms with E-state index < -0.39 is 10.0 Å². The summed E-state index contributed by atoms with van der Waals surface area (Å²) in [6.07, 6.45) is 0. The minimum absolute atomic E-state index is 0.0639. The van der Waals surface area contributed by atoms with Gasteiger partial charge in [-0.1, -0.05) is 12.1 Å². The van der Waals surface area contributed by atoms with Gasteiger partial charge in [0.2, 0.25) is 10.0 Å². The highest BCUT2D eigenvalue weighted by atomic mass is 32.2. The molecule has 1 aliphatic rings. The molecular weight excluding hydrogens is 396 g/mol. The number of carbonyl (C=O) groups excluding carboxylic acids is 1. The maximum atomic E-state index is 13.1. The zero-order chi connectivity index (χ0) is 19.9. The second kappa shape index (κ2) is 7.23. The summed E-state index contributed by atoms with van der Waals surface area (Å²) in [5.74, 6) is -0.0639. The number of hydrogen-bond donors (Lipinski definition) is 0. The van der Waals surface area contributed by atoms with Gasteiger partial charge in [-0.2, -0.15) is 13.1 Å². The number of benzene rings is 2. The van der Waals surface area contributed by atoms with Crippen molar-refractivity contribution in [3.8, 4) is 0 Å². The molecular formula is C19H20N4O3S2. The molecule has 0 N–H and O–H groups in total. The lowest BCUT2D eigenvalue weighted by Gasteiger charge is -2.34. The Morgan fingerprint density at radius 3 is 2.46 bits per heavy atom. The van der Waals surface area contributed by atoms with E-state index in [1.165, 1.54) is 4.31 Å². The number of nitrogens with zero attached hydrogens (tertiary/aromatic N) is 4. The SMILES string of the molecule is Cc1ccc(C(=O)N2CCN(S(=O)(=O)c3cccc4nsnc34)CC2)cc1C. The number of carbonyl (C=O) groups is 1. The molecule has 0 atom stereocenters. The maximum absolute atomic E-state index is 13.1. The molecule has 9 heteroatoms. The lowest BCUT2D eigenvalue weighted by Crippen LogP contribution is -2.50. The van der Waals surface area contributed by atoms with Crippen LogP contribution in [0.1, 0.15) is 21.5 Å². The Hall–Kier alpha value is -2.36. The highest BCUT2D eigenvalue weighted by Gasteiger charge is 2.32. The van der Waals surface area contributed by atoms with Crippen molar-refractivity contribution in [1.29, 1.82) is 0 Å². The van der Waals surface area contributed by atoms with Gasteiger partial charge >= 0.3 is 0 Å². The van der Waals surface area contributed by atoms with Gasteiger partial charge in [0.15, 0.2) is 0 Å². The highest BCUT2D eigenvalue weighted by molar-refractivity contribution is 7.89. The van der Waals surface area contributed by atoms with Crippen LogP contribution in [0, 0.1) is 13.8 Å². The summed E-state index contributed by atoms with van der Waals surface area (Å²) in [5.41, 5.74) is 3.82. The summed E-state index contributed by atoms with van der Waals surface area (Å²) in [4.78, 5) is 14.7. The molecule has 0 aliphatic carbocycles. The lowest BCUT2D eigenvalue weighted by molar-refractivity contribution is 0.0698. The number of piperazine rings is 1. The summed E-state index contributed by atoms with van der Waals surface area (Å²) >= 11 is 0.998. The number of aromatic nitrogens is 2. The Morgan fingerprint density at radius 1 is 1.00 bits per heavy atom.